The van der Waals surface area contributed by atoms with Gasteiger partial charge in [-0.2, -0.15) is 0 Å². The summed E-state index contributed by atoms with van der Waals surface area (Å²) in [5, 5.41) is 3.70. The molecule has 0 atom stereocenters. The molecular formula is C14H22Cl2N2O2S. The third-order valence-electron chi connectivity index (χ3n) is 3.24. The molecule has 0 fully saturated rings. The van der Waals surface area contributed by atoms with Crippen LogP contribution in [0.2, 0.25) is 10.0 Å². The van der Waals surface area contributed by atoms with Gasteiger partial charge in [0.1, 0.15) is 4.90 Å². The Bertz CT molecular complexity index is 573. The Kier molecular flexibility index (Phi) is 7.44. The number of sulfonamides is 1. The van der Waals surface area contributed by atoms with Crippen molar-refractivity contribution in [3.05, 3.63) is 27.7 Å². The van der Waals surface area contributed by atoms with Crippen molar-refractivity contribution in [2.75, 3.05) is 6.54 Å². The summed E-state index contributed by atoms with van der Waals surface area (Å²) in [4.78, 5) is 0.0384. The average molecular weight is 353 g/mol. The van der Waals surface area contributed by atoms with Crippen LogP contribution in [0.1, 0.15) is 39.2 Å². The summed E-state index contributed by atoms with van der Waals surface area (Å²) in [5.74, 6) is 0. The largest absolute Gasteiger partial charge is 0.313 e. The maximum absolute atomic E-state index is 12.5. The van der Waals surface area contributed by atoms with Crippen molar-refractivity contribution in [1.29, 1.82) is 0 Å². The lowest BCUT2D eigenvalue weighted by Crippen LogP contribution is -2.34. The molecule has 0 aromatic heterocycles. The van der Waals surface area contributed by atoms with Crippen LogP contribution >= 0.6 is 23.2 Å². The van der Waals surface area contributed by atoms with Gasteiger partial charge < -0.3 is 5.32 Å². The normalized spacial score (nSPS) is 12.1. The molecule has 0 bridgehead atoms. The lowest BCUT2D eigenvalue weighted by Gasteiger charge is -2.17. The highest BCUT2D eigenvalue weighted by Gasteiger charge is 2.23. The van der Waals surface area contributed by atoms with Gasteiger partial charge in [-0.15, -0.1) is 0 Å². The van der Waals surface area contributed by atoms with E-state index in [-0.39, 0.29) is 16.0 Å². The first-order valence-corrected chi connectivity index (χ1v) is 9.30. The Balaban J connectivity index is 3.19. The summed E-state index contributed by atoms with van der Waals surface area (Å²) in [6.07, 6.45) is 1.44. The van der Waals surface area contributed by atoms with Crippen molar-refractivity contribution in [3.63, 3.8) is 0 Å². The number of rotatable bonds is 8. The molecule has 0 aliphatic heterocycles. The quantitative estimate of drug-likeness (QED) is 0.751. The fourth-order valence-corrected chi connectivity index (χ4v) is 4.27. The fourth-order valence-electron chi connectivity index (χ4n) is 1.94. The van der Waals surface area contributed by atoms with Crippen LogP contribution in [0, 0.1) is 0 Å². The first kappa shape index (κ1) is 18.7. The zero-order chi connectivity index (χ0) is 16.0. The summed E-state index contributed by atoms with van der Waals surface area (Å²) >= 11 is 12.3. The van der Waals surface area contributed by atoms with E-state index in [1.807, 2.05) is 20.8 Å². The molecule has 0 aliphatic carbocycles. The molecule has 0 aliphatic rings. The predicted octanol–water partition coefficient (Wildman–Crippen LogP) is 3.57. The summed E-state index contributed by atoms with van der Waals surface area (Å²) in [6, 6.07) is 2.97. The third-order valence-corrected chi connectivity index (χ3v) is 5.56. The standard InChI is InChI=1S/C14H22Cl2N2O2S/c1-4-12(5-2)18-21(19,20)13-8-11(15)7-10(14(13)16)9-17-6-3/h7-8,12,17-18H,4-6,9H2,1-3H3. The first-order valence-electron chi connectivity index (χ1n) is 7.06. The smallest absolute Gasteiger partial charge is 0.242 e. The predicted molar refractivity (Wildman–Crippen MR) is 88.5 cm³/mol. The van der Waals surface area contributed by atoms with Crippen molar-refractivity contribution in [2.24, 2.45) is 0 Å². The van der Waals surface area contributed by atoms with Gasteiger partial charge in [-0.05, 0) is 37.1 Å². The van der Waals surface area contributed by atoms with Crippen molar-refractivity contribution < 1.29 is 8.42 Å². The van der Waals surface area contributed by atoms with Gasteiger partial charge >= 0.3 is 0 Å². The highest BCUT2D eigenvalue weighted by molar-refractivity contribution is 7.89. The Morgan fingerprint density at radius 2 is 1.76 bits per heavy atom. The first-order chi connectivity index (χ1) is 9.85. The highest BCUT2D eigenvalue weighted by Crippen LogP contribution is 2.29. The lowest BCUT2D eigenvalue weighted by molar-refractivity contribution is 0.530. The van der Waals surface area contributed by atoms with Crippen molar-refractivity contribution >= 4 is 33.2 Å². The molecule has 0 radical (unpaired) electrons. The average Bonchev–Trinajstić information content (AvgIpc) is 2.45. The Morgan fingerprint density at radius 3 is 2.29 bits per heavy atom. The molecule has 120 valence electrons. The molecule has 0 heterocycles. The van der Waals surface area contributed by atoms with Crippen molar-refractivity contribution in [3.8, 4) is 0 Å². The van der Waals surface area contributed by atoms with Gasteiger partial charge in [0.25, 0.3) is 0 Å². The van der Waals surface area contributed by atoms with E-state index in [1.54, 1.807) is 6.07 Å². The van der Waals surface area contributed by atoms with E-state index in [0.29, 0.717) is 17.1 Å². The second-order valence-electron chi connectivity index (χ2n) is 4.79. The molecule has 0 amide bonds. The maximum atomic E-state index is 12.5. The molecule has 21 heavy (non-hydrogen) atoms. The Labute approximate surface area is 137 Å². The molecule has 0 unspecified atom stereocenters. The van der Waals surface area contributed by atoms with E-state index in [0.717, 1.165) is 19.4 Å². The van der Waals surface area contributed by atoms with Gasteiger partial charge in [0.15, 0.2) is 0 Å². The topological polar surface area (TPSA) is 58.2 Å². The molecule has 0 spiro atoms. The van der Waals surface area contributed by atoms with Crippen molar-refractivity contribution in [1.82, 2.24) is 10.0 Å². The minimum Gasteiger partial charge on any atom is -0.313 e. The van der Waals surface area contributed by atoms with Crippen LogP contribution in [0.5, 0.6) is 0 Å². The Morgan fingerprint density at radius 1 is 1.14 bits per heavy atom. The van der Waals surface area contributed by atoms with Gasteiger partial charge in [0.2, 0.25) is 10.0 Å². The number of halogens is 2. The van der Waals surface area contributed by atoms with E-state index in [9.17, 15) is 8.42 Å². The molecule has 2 N–H and O–H groups in total. The molecular weight excluding hydrogens is 331 g/mol. The molecule has 7 heteroatoms. The molecule has 0 saturated heterocycles. The molecule has 1 aromatic rings. The van der Waals surface area contributed by atoms with E-state index in [2.05, 4.69) is 10.0 Å². The number of hydrogen-bond acceptors (Lipinski definition) is 3. The molecule has 4 nitrogen and oxygen atoms in total. The minimum atomic E-state index is -3.68. The maximum Gasteiger partial charge on any atom is 0.242 e. The van der Waals surface area contributed by atoms with Gasteiger partial charge in [-0.25, -0.2) is 13.1 Å². The van der Waals surface area contributed by atoms with E-state index < -0.39 is 10.0 Å². The number of nitrogens with one attached hydrogen (secondary N) is 2. The van der Waals surface area contributed by atoms with Crippen LogP contribution in [-0.2, 0) is 16.6 Å². The minimum absolute atomic E-state index is 0.0384. The zero-order valence-electron chi connectivity index (χ0n) is 12.5. The van der Waals surface area contributed by atoms with Crippen LogP contribution in [0.3, 0.4) is 0 Å². The van der Waals surface area contributed by atoms with Gasteiger partial charge in [-0.3, -0.25) is 0 Å². The van der Waals surface area contributed by atoms with Crippen LogP contribution in [0.15, 0.2) is 17.0 Å². The number of hydrogen-bond donors (Lipinski definition) is 2. The summed E-state index contributed by atoms with van der Waals surface area (Å²) in [5.41, 5.74) is 0.677. The van der Waals surface area contributed by atoms with Gasteiger partial charge in [0, 0.05) is 17.6 Å². The molecule has 0 saturated carbocycles. The number of benzene rings is 1. The second kappa shape index (κ2) is 8.34. The fraction of sp³-hybridized carbons (Fsp3) is 0.571. The third kappa shape index (κ3) is 5.11. The summed E-state index contributed by atoms with van der Waals surface area (Å²) < 4.78 is 27.6. The SMILES string of the molecule is CCNCc1cc(Cl)cc(S(=O)(=O)NC(CC)CC)c1Cl. The summed E-state index contributed by atoms with van der Waals surface area (Å²) in [7, 11) is -3.68. The van der Waals surface area contributed by atoms with Crippen molar-refractivity contribution in [2.45, 2.75) is 51.1 Å². The van der Waals surface area contributed by atoms with E-state index in [4.69, 9.17) is 23.2 Å². The van der Waals surface area contributed by atoms with E-state index >= 15 is 0 Å². The second-order valence-corrected chi connectivity index (χ2v) is 7.29. The highest BCUT2D eigenvalue weighted by atomic mass is 35.5. The van der Waals surface area contributed by atoms with Crippen LogP contribution < -0.4 is 10.0 Å². The van der Waals surface area contributed by atoms with E-state index in [1.165, 1.54) is 6.07 Å². The lowest BCUT2D eigenvalue weighted by atomic mass is 10.2. The monoisotopic (exact) mass is 352 g/mol. The molecule has 1 aromatic carbocycles. The van der Waals surface area contributed by atoms with Gasteiger partial charge in [-0.1, -0.05) is 44.0 Å². The summed E-state index contributed by atoms with van der Waals surface area (Å²) in [6.45, 7) is 7.07. The molecule has 1 rings (SSSR count). The zero-order valence-corrected chi connectivity index (χ0v) is 14.9. The van der Waals surface area contributed by atoms with Crippen LogP contribution in [-0.4, -0.2) is 21.0 Å². The van der Waals surface area contributed by atoms with Gasteiger partial charge in [0.05, 0.1) is 5.02 Å². The Hall–Kier alpha value is -0.330. The van der Waals surface area contributed by atoms with Crippen LogP contribution in [0.4, 0.5) is 0 Å². The van der Waals surface area contributed by atoms with Crippen LogP contribution in [0.25, 0.3) is 0 Å².